The van der Waals surface area contributed by atoms with Gasteiger partial charge in [-0.15, -0.1) is 0 Å². The molecule has 1 aromatic heterocycles. The summed E-state index contributed by atoms with van der Waals surface area (Å²) >= 11 is 0. The number of aromatic nitrogens is 1. The van der Waals surface area contributed by atoms with E-state index in [4.69, 9.17) is 0 Å². The smallest absolute Gasteiger partial charge is 0.342 e. The summed E-state index contributed by atoms with van der Waals surface area (Å²) in [4.78, 5) is 59.6. The van der Waals surface area contributed by atoms with Gasteiger partial charge in [-0.3, -0.25) is 24.6 Å². The minimum atomic E-state index is -0.559. The number of aryl methyl sites for hydroxylation is 1. The Kier molecular flexibility index (Phi) is 7.76. The summed E-state index contributed by atoms with van der Waals surface area (Å²) in [6.45, 7) is 9.53. The van der Waals surface area contributed by atoms with Gasteiger partial charge in [-0.05, 0) is 78.9 Å². The number of benzene rings is 3. The summed E-state index contributed by atoms with van der Waals surface area (Å²) in [5.41, 5.74) is 9.32. The Morgan fingerprint density at radius 2 is 1.75 bits per heavy atom. The van der Waals surface area contributed by atoms with Crippen molar-refractivity contribution >= 4 is 40.2 Å². The van der Waals surface area contributed by atoms with E-state index in [-0.39, 0.29) is 30.6 Å². The number of nitrogens with one attached hydrogen (secondary N) is 2. The van der Waals surface area contributed by atoms with E-state index in [2.05, 4.69) is 72.2 Å². The number of H-pyrrole nitrogens is 1. The summed E-state index contributed by atoms with van der Waals surface area (Å²) in [7, 11) is 2.15. The molecule has 2 N–H and O–H groups in total. The number of urea groups is 1. The highest BCUT2D eigenvalue weighted by Crippen LogP contribution is 2.46. The molecule has 4 amide bonds. The molecule has 1 aliphatic carbocycles. The van der Waals surface area contributed by atoms with Crippen LogP contribution in [0.2, 0.25) is 0 Å². The first-order valence-corrected chi connectivity index (χ1v) is 17.8. The number of carbonyl (C=O) groups excluding carboxylic acids is 4. The van der Waals surface area contributed by atoms with Crippen LogP contribution in [0.15, 0.2) is 48.5 Å². The van der Waals surface area contributed by atoms with Crippen molar-refractivity contribution < 1.29 is 19.2 Å². The number of anilines is 1. The highest BCUT2D eigenvalue weighted by molar-refractivity contribution is 6.20. The van der Waals surface area contributed by atoms with Gasteiger partial charge in [-0.2, -0.15) is 5.26 Å². The van der Waals surface area contributed by atoms with E-state index in [1.165, 1.54) is 21.3 Å². The van der Waals surface area contributed by atoms with E-state index in [0.717, 1.165) is 77.7 Å². The highest BCUT2D eigenvalue weighted by atomic mass is 16.2. The van der Waals surface area contributed by atoms with E-state index < -0.39 is 11.4 Å². The van der Waals surface area contributed by atoms with Crippen molar-refractivity contribution in [2.75, 3.05) is 31.6 Å². The topological polar surface area (TPSA) is 133 Å². The first-order valence-electron chi connectivity index (χ1n) is 17.8. The number of hydrogen-bond donors (Lipinski definition) is 2. The van der Waals surface area contributed by atoms with Crippen LogP contribution in [-0.4, -0.2) is 76.3 Å². The molecule has 8 rings (SSSR count). The molecule has 2 saturated heterocycles. The van der Waals surface area contributed by atoms with Gasteiger partial charge < -0.3 is 9.88 Å². The molecule has 11 nitrogen and oxygen atoms in total. The molecule has 4 aromatic rings. The molecule has 11 heteroatoms. The number of fused-ring (bicyclic) bond motifs is 5. The monoisotopic (exact) mass is 683 g/mol. The van der Waals surface area contributed by atoms with Gasteiger partial charge in [0.05, 0.1) is 30.3 Å². The highest BCUT2D eigenvalue weighted by Gasteiger charge is 2.41. The lowest BCUT2D eigenvalue weighted by Crippen LogP contribution is -2.56. The van der Waals surface area contributed by atoms with Gasteiger partial charge in [0.1, 0.15) is 0 Å². The predicted molar refractivity (Wildman–Crippen MR) is 192 cm³/mol. The fourth-order valence-electron chi connectivity index (χ4n) is 8.56. The second kappa shape index (κ2) is 12.1. The van der Waals surface area contributed by atoms with Crippen LogP contribution in [0.3, 0.4) is 0 Å². The summed E-state index contributed by atoms with van der Waals surface area (Å²) in [5, 5.41) is 15.4. The van der Waals surface area contributed by atoms with Crippen molar-refractivity contribution in [3.63, 3.8) is 0 Å². The van der Waals surface area contributed by atoms with Crippen molar-refractivity contribution in [1.29, 1.82) is 5.26 Å². The second-order valence-corrected chi connectivity index (χ2v) is 14.8. The first kappa shape index (κ1) is 32.7. The Morgan fingerprint density at radius 1 is 0.961 bits per heavy atom. The lowest BCUT2D eigenvalue weighted by molar-refractivity contribution is -0.123. The lowest BCUT2D eigenvalue weighted by atomic mass is 9.70. The lowest BCUT2D eigenvalue weighted by Gasteiger charge is -2.40. The molecule has 3 aliphatic heterocycles. The zero-order valence-corrected chi connectivity index (χ0v) is 29.4. The Hall–Kier alpha value is -5.47. The molecule has 260 valence electrons. The maximum Gasteiger partial charge on any atom is 0.342 e. The summed E-state index contributed by atoms with van der Waals surface area (Å²) < 4.78 is 0. The van der Waals surface area contributed by atoms with Crippen molar-refractivity contribution in [3.8, 4) is 6.07 Å². The van der Waals surface area contributed by atoms with Gasteiger partial charge in [0, 0.05) is 70.9 Å². The van der Waals surface area contributed by atoms with E-state index in [1.54, 1.807) is 6.07 Å². The Labute approximate surface area is 296 Å². The van der Waals surface area contributed by atoms with Crippen LogP contribution in [-0.2, 0) is 29.7 Å². The van der Waals surface area contributed by atoms with Crippen molar-refractivity contribution in [2.45, 2.75) is 71.0 Å². The van der Waals surface area contributed by atoms with Gasteiger partial charge >= 0.3 is 6.03 Å². The number of amides is 4. The van der Waals surface area contributed by atoms with Crippen LogP contribution >= 0.6 is 0 Å². The van der Waals surface area contributed by atoms with E-state index in [0.29, 0.717) is 29.3 Å². The molecule has 4 heterocycles. The molecule has 0 spiro atoms. The van der Waals surface area contributed by atoms with E-state index in [9.17, 15) is 24.4 Å². The standard InChI is InChI=1S/C40H41N7O4/c1-5-25-18-30-31(40(2,3)37-35(36(30)49)29-9-6-23(20-41)17-32(29)42-37)19-33(25)45-13-10-27(11-14-45)44(4)21-24-7-8-28-26(16-24)22-47(38(28)50)46-15-12-34(48)43-39(46)51/h6-9,16-19,27,42H,5,10-15,21-22H2,1-4H3,(H,43,48,51). The van der Waals surface area contributed by atoms with E-state index >= 15 is 0 Å². The molecule has 0 unspecified atom stereocenters. The number of carbonyl (C=O) groups is 4. The normalized spacial score (nSPS) is 18.6. The number of hydrazine groups is 1. The van der Waals surface area contributed by atoms with Crippen molar-refractivity contribution in [3.05, 3.63) is 98.7 Å². The molecular weight excluding hydrogens is 642 g/mol. The number of nitrogens with zero attached hydrogens (tertiary/aromatic N) is 5. The average molecular weight is 684 g/mol. The maximum atomic E-state index is 14.1. The number of nitriles is 1. The van der Waals surface area contributed by atoms with E-state index in [1.807, 2.05) is 24.3 Å². The number of rotatable bonds is 6. The number of imide groups is 1. The van der Waals surface area contributed by atoms with Gasteiger partial charge in [0.25, 0.3) is 5.91 Å². The average Bonchev–Trinajstić information content (AvgIpc) is 3.68. The van der Waals surface area contributed by atoms with Crippen LogP contribution in [0.1, 0.15) is 99.8 Å². The molecule has 0 bridgehead atoms. The molecule has 0 radical (unpaired) electrons. The minimum Gasteiger partial charge on any atom is -0.371 e. The van der Waals surface area contributed by atoms with Gasteiger partial charge in [-0.1, -0.05) is 39.0 Å². The zero-order chi connectivity index (χ0) is 35.8. The van der Waals surface area contributed by atoms with Crippen LogP contribution in [0.25, 0.3) is 10.9 Å². The van der Waals surface area contributed by atoms with Crippen LogP contribution in [0.5, 0.6) is 0 Å². The molecule has 3 aromatic carbocycles. The molecular formula is C40H41N7O4. The Morgan fingerprint density at radius 3 is 2.47 bits per heavy atom. The Bertz CT molecular complexity index is 2200. The number of piperidine rings is 1. The molecule has 4 aliphatic rings. The summed E-state index contributed by atoms with van der Waals surface area (Å²) in [6.07, 6.45) is 2.97. The Balaban J connectivity index is 0.969. The fourth-order valence-corrected chi connectivity index (χ4v) is 8.56. The molecule has 0 saturated carbocycles. The maximum absolute atomic E-state index is 14.1. The second-order valence-electron chi connectivity index (χ2n) is 14.8. The minimum absolute atomic E-state index is 0.0361. The predicted octanol–water partition coefficient (Wildman–Crippen LogP) is 5.39. The van der Waals surface area contributed by atoms with Crippen molar-refractivity contribution in [2.24, 2.45) is 0 Å². The third kappa shape index (κ3) is 5.28. The van der Waals surface area contributed by atoms with Crippen LogP contribution in [0, 0.1) is 11.3 Å². The van der Waals surface area contributed by atoms with Crippen molar-refractivity contribution in [1.82, 2.24) is 25.2 Å². The summed E-state index contributed by atoms with van der Waals surface area (Å²) in [6, 6.07) is 17.8. The van der Waals surface area contributed by atoms with Gasteiger partial charge in [-0.25, -0.2) is 14.8 Å². The SMILES string of the molecule is CCc1cc2c(cc1N1CCC(N(C)Cc3ccc4c(c3)CN(N3CCC(=O)NC3=O)C4=O)CC1)C(C)(C)c1[nH]c3cc(C#N)ccc3c1C2=O. The number of aromatic amines is 1. The number of hydrogen-bond acceptors (Lipinski definition) is 7. The first-order chi connectivity index (χ1) is 24.5. The largest absolute Gasteiger partial charge is 0.371 e. The molecule has 51 heavy (non-hydrogen) atoms. The van der Waals surface area contributed by atoms with Crippen LogP contribution in [0.4, 0.5) is 10.5 Å². The van der Waals surface area contributed by atoms with Crippen LogP contribution < -0.4 is 10.2 Å². The zero-order valence-electron chi connectivity index (χ0n) is 29.4. The summed E-state index contributed by atoms with van der Waals surface area (Å²) in [5.74, 6) is -0.514. The number of ketones is 1. The van der Waals surface area contributed by atoms with Gasteiger partial charge in [0.2, 0.25) is 5.91 Å². The molecule has 0 atom stereocenters. The van der Waals surface area contributed by atoms with Gasteiger partial charge in [0.15, 0.2) is 5.78 Å². The molecule has 2 fully saturated rings. The quantitative estimate of drug-likeness (QED) is 0.279. The third-order valence-corrected chi connectivity index (χ3v) is 11.4. The third-order valence-electron chi connectivity index (χ3n) is 11.4. The fraction of sp³-hybridized carbons (Fsp3) is 0.375.